The molecule has 1 fully saturated rings. The molecule has 0 aliphatic heterocycles. The SMILES string of the molecule is CC1CC(Nc2ccc(C(N)=O)c(Cl)c2)C1. The summed E-state index contributed by atoms with van der Waals surface area (Å²) in [6.45, 7) is 2.24. The number of carbonyl (C=O) groups is 1. The molecule has 0 bridgehead atoms. The van der Waals surface area contributed by atoms with Gasteiger partial charge in [-0.25, -0.2) is 0 Å². The third-order valence-corrected chi connectivity index (χ3v) is 3.29. The zero-order valence-corrected chi connectivity index (χ0v) is 9.92. The average molecular weight is 239 g/mol. The molecule has 0 spiro atoms. The average Bonchev–Trinajstić information content (AvgIpc) is 2.15. The van der Waals surface area contributed by atoms with Crippen LogP contribution in [0.4, 0.5) is 5.69 Å². The summed E-state index contributed by atoms with van der Waals surface area (Å²) in [5, 5.41) is 3.79. The Kier molecular flexibility index (Phi) is 3.06. The van der Waals surface area contributed by atoms with E-state index in [0.29, 0.717) is 16.6 Å². The molecule has 3 nitrogen and oxygen atoms in total. The van der Waals surface area contributed by atoms with Gasteiger partial charge in [-0.1, -0.05) is 18.5 Å². The molecule has 0 heterocycles. The van der Waals surface area contributed by atoms with Gasteiger partial charge in [0.05, 0.1) is 10.6 Å². The third-order valence-electron chi connectivity index (χ3n) is 2.98. The van der Waals surface area contributed by atoms with Gasteiger partial charge in [-0.15, -0.1) is 0 Å². The van der Waals surface area contributed by atoms with Crippen LogP contribution in [0.5, 0.6) is 0 Å². The van der Waals surface area contributed by atoms with Crippen LogP contribution in [0.15, 0.2) is 18.2 Å². The van der Waals surface area contributed by atoms with Gasteiger partial charge in [0.25, 0.3) is 0 Å². The molecule has 1 aliphatic carbocycles. The number of nitrogens with two attached hydrogens (primary N) is 1. The summed E-state index contributed by atoms with van der Waals surface area (Å²) >= 11 is 5.96. The van der Waals surface area contributed by atoms with E-state index in [-0.39, 0.29) is 0 Å². The molecule has 1 saturated carbocycles. The van der Waals surface area contributed by atoms with Crippen molar-refractivity contribution >= 4 is 23.2 Å². The predicted molar refractivity (Wildman–Crippen MR) is 65.8 cm³/mol. The normalized spacial score (nSPS) is 23.6. The second-order valence-corrected chi connectivity index (χ2v) is 4.88. The van der Waals surface area contributed by atoms with Gasteiger partial charge in [0.2, 0.25) is 5.91 Å². The standard InChI is InChI=1S/C12H15ClN2O/c1-7-4-9(5-7)15-8-2-3-10(12(14)16)11(13)6-8/h2-3,6-7,9,15H,4-5H2,1H3,(H2,14,16). The lowest BCUT2D eigenvalue weighted by Crippen LogP contribution is -2.33. The minimum Gasteiger partial charge on any atom is -0.382 e. The maximum absolute atomic E-state index is 11.0. The van der Waals surface area contributed by atoms with E-state index in [1.165, 1.54) is 12.8 Å². The third kappa shape index (κ3) is 2.30. The number of rotatable bonds is 3. The van der Waals surface area contributed by atoms with Crippen LogP contribution >= 0.6 is 11.6 Å². The summed E-state index contributed by atoms with van der Waals surface area (Å²) < 4.78 is 0. The van der Waals surface area contributed by atoms with Gasteiger partial charge in [-0.05, 0) is 37.0 Å². The number of carbonyl (C=O) groups excluding carboxylic acids is 1. The first kappa shape index (κ1) is 11.3. The molecule has 3 N–H and O–H groups in total. The van der Waals surface area contributed by atoms with Crippen molar-refractivity contribution in [1.29, 1.82) is 0 Å². The van der Waals surface area contributed by atoms with Crippen LogP contribution < -0.4 is 11.1 Å². The van der Waals surface area contributed by atoms with Gasteiger partial charge in [-0.2, -0.15) is 0 Å². The second kappa shape index (κ2) is 4.34. The van der Waals surface area contributed by atoms with Crippen molar-refractivity contribution in [1.82, 2.24) is 0 Å². The minimum atomic E-state index is -0.492. The molecule has 1 aromatic rings. The van der Waals surface area contributed by atoms with E-state index in [1.807, 2.05) is 6.07 Å². The van der Waals surface area contributed by atoms with Crippen molar-refractivity contribution in [3.63, 3.8) is 0 Å². The minimum absolute atomic E-state index is 0.370. The van der Waals surface area contributed by atoms with E-state index in [4.69, 9.17) is 17.3 Å². The molecule has 2 rings (SSSR count). The molecular weight excluding hydrogens is 224 g/mol. The number of nitrogens with one attached hydrogen (secondary N) is 1. The van der Waals surface area contributed by atoms with Crippen LogP contribution in [0.2, 0.25) is 5.02 Å². The van der Waals surface area contributed by atoms with Gasteiger partial charge >= 0.3 is 0 Å². The van der Waals surface area contributed by atoms with Crippen LogP contribution in [0, 0.1) is 5.92 Å². The van der Waals surface area contributed by atoms with Crippen molar-refractivity contribution in [2.45, 2.75) is 25.8 Å². The maximum atomic E-state index is 11.0. The Morgan fingerprint density at radius 1 is 1.50 bits per heavy atom. The molecule has 86 valence electrons. The molecule has 1 amide bonds. The van der Waals surface area contributed by atoms with E-state index < -0.39 is 5.91 Å². The van der Waals surface area contributed by atoms with Crippen molar-refractivity contribution < 1.29 is 4.79 Å². The summed E-state index contributed by atoms with van der Waals surface area (Å²) in [5.74, 6) is 0.312. The molecule has 0 aromatic heterocycles. The molecule has 0 radical (unpaired) electrons. The molecule has 0 atom stereocenters. The van der Waals surface area contributed by atoms with Gasteiger partial charge in [-0.3, -0.25) is 4.79 Å². The molecule has 1 aromatic carbocycles. The number of hydrogen-bond donors (Lipinski definition) is 2. The molecular formula is C12H15ClN2O. The first-order valence-electron chi connectivity index (χ1n) is 5.42. The van der Waals surface area contributed by atoms with Gasteiger partial charge in [0.15, 0.2) is 0 Å². The summed E-state index contributed by atoms with van der Waals surface area (Å²) in [5.41, 5.74) is 6.50. The smallest absolute Gasteiger partial charge is 0.250 e. The lowest BCUT2D eigenvalue weighted by atomic mass is 9.82. The lowest BCUT2D eigenvalue weighted by molar-refractivity contribution is 0.100. The number of anilines is 1. The van der Waals surface area contributed by atoms with Crippen LogP contribution in [-0.2, 0) is 0 Å². The fraction of sp³-hybridized carbons (Fsp3) is 0.417. The number of halogens is 1. The largest absolute Gasteiger partial charge is 0.382 e. The maximum Gasteiger partial charge on any atom is 0.250 e. The number of benzene rings is 1. The van der Waals surface area contributed by atoms with E-state index in [1.54, 1.807) is 12.1 Å². The Morgan fingerprint density at radius 2 is 2.19 bits per heavy atom. The number of hydrogen-bond acceptors (Lipinski definition) is 2. The summed E-state index contributed by atoms with van der Waals surface area (Å²) in [7, 11) is 0. The lowest BCUT2D eigenvalue weighted by Gasteiger charge is -2.34. The number of amides is 1. The predicted octanol–water partition coefficient (Wildman–Crippen LogP) is 2.65. The summed E-state index contributed by atoms with van der Waals surface area (Å²) in [6, 6.07) is 5.79. The van der Waals surface area contributed by atoms with Crippen LogP contribution in [-0.4, -0.2) is 11.9 Å². The fourth-order valence-corrected chi connectivity index (χ4v) is 2.33. The van der Waals surface area contributed by atoms with Gasteiger partial charge in [0.1, 0.15) is 0 Å². The van der Waals surface area contributed by atoms with Crippen molar-refractivity contribution in [3.8, 4) is 0 Å². The fourth-order valence-electron chi connectivity index (χ4n) is 2.06. The second-order valence-electron chi connectivity index (χ2n) is 4.48. The Bertz CT molecular complexity index is 413. The Hall–Kier alpha value is -1.22. The van der Waals surface area contributed by atoms with Crippen LogP contribution in [0.1, 0.15) is 30.1 Å². The quantitative estimate of drug-likeness (QED) is 0.851. The highest BCUT2D eigenvalue weighted by Gasteiger charge is 2.25. The van der Waals surface area contributed by atoms with E-state index in [0.717, 1.165) is 11.6 Å². The summed E-state index contributed by atoms with van der Waals surface area (Å²) in [6.07, 6.45) is 2.38. The zero-order valence-electron chi connectivity index (χ0n) is 9.16. The summed E-state index contributed by atoms with van der Waals surface area (Å²) in [4.78, 5) is 11.0. The molecule has 1 aliphatic rings. The van der Waals surface area contributed by atoms with Gasteiger partial charge < -0.3 is 11.1 Å². The highest BCUT2D eigenvalue weighted by Crippen LogP contribution is 2.30. The Balaban J connectivity index is 2.06. The first-order chi connectivity index (χ1) is 7.56. The highest BCUT2D eigenvalue weighted by molar-refractivity contribution is 6.34. The Labute approximate surface area is 100.0 Å². The van der Waals surface area contributed by atoms with E-state index >= 15 is 0 Å². The van der Waals surface area contributed by atoms with Crippen LogP contribution in [0.3, 0.4) is 0 Å². The molecule has 16 heavy (non-hydrogen) atoms. The van der Waals surface area contributed by atoms with Crippen LogP contribution in [0.25, 0.3) is 0 Å². The van der Waals surface area contributed by atoms with Gasteiger partial charge in [0, 0.05) is 11.7 Å². The first-order valence-corrected chi connectivity index (χ1v) is 5.80. The van der Waals surface area contributed by atoms with Crippen molar-refractivity contribution in [3.05, 3.63) is 28.8 Å². The van der Waals surface area contributed by atoms with Crippen molar-refractivity contribution in [2.75, 3.05) is 5.32 Å². The number of primary amides is 1. The van der Waals surface area contributed by atoms with Crippen molar-refractivity contribution in [2.24, 2.45) is 11.7 Å². The molecule has 4 heteroatoms. The van der Waals surface area contributed by atoms with E-state index in [9.17, 15) is 4.79 Å². The monoisotopic (exact) mass is 238 g/mol. The van der Waals surface area contributed by atoms with E-state index in [2.05, 4.69) is 12.2 Å². The molecule has 0 saturated heterocycles. The zero-order chi connectivity index (χ0) is 11.7. The topological polar surface area (TPSA) is 55.1 Å². The molecule has 0 unspecified atom stereocenters. The Morgan fingerprint density at radius 3 is 2.69 bits per heavy atom. The highest BCUT2D eigenvalue weighted by atomic mass is 35.5.